The second-order valence-electron chi connectivity index (χ2n) is 6.41. The van der Waals surface area contributed by atoms with E-state index in [1.807, 2.05) is 0 Å². The Kier molecular flexibility index (Phi) is 4.50. The van der Waals surface area contributed by atoms with Crippen LogP contribution >= 0.6 is 0 Å². The van der Waals surface area contributed by atoms with Gasteiger partial charge in [-0.2, -0.15) is 0 Å². The van der Waals surface area contributed by atoms with Crippen LogP contribution in [0, 0.1) is 0 Å². The van der Waals surface area contributed by atoms with Crippen LogP contribution in [-0.2, 0) is 16.3 Å². The van der Waals surface area contributed by atoms with Crippen molar-refractivity contribution in [2.75, 3.05) is 11.5 Å². The molecule has 1 N–H and O–H groups in total. The Labute approximate surface area is 132 Å². The molecule has 118 valence electrons. The van der Waals surface area contributed by atoms with Crippen LogP contribution < -0.4 is 5.32 Å². The fourth-order valence-electron chi connectivity index (χ4n) is 3.33. The Morgan fingerprint density at radius 1 is 1.18 bits per heavy atom. The van der Waals surface area contributed by atoms with E-state index in [0.717, 1.165) is 19.3 Å². The van der Waals surface area contributed by atoms with Crippen LogP contribution in [0.1, 0.15) is 25.3 Å². The molecule has 0 aliphatic carbocycles. The standard InChI is InChI=1S/C18H23NO2S/c1-14(19-18-7-4-10-22(20,21)13-18)11-15-8-9-16-5-2-3-6-17(16)12-15/h2-3,5-6,8-9,12,14,18-19H,4,7,10-11,13H2,1H3/t14-,18+/m1/s1. The highest BCUT2D eigenvalue weighted by atomic mass is 32.2. The Morgan fingerprint density at radius 2 is 1.95 bits per heavy atom. The van der Waals surface area contributed by atoms with Crippen molar-refractivity contribution >= 4 is 20.6 Å². The second kappa shape index (κ2) is 6.39. The molecule has 1 aliphatic heterocycles. The number of benzene rings is 2. The predicted octanol–water partition coefficient (Wildman–Crippen LogP) is 2.94. The minimum Gasteiger partial charge on any atom is -0.310 e. The van der Waals surface area contributed by atoms with Gasteiger partial charge in [-0.05, 0) is 42.5 Å². The molecule has 0 spiro atoms. The van der Waals surface area contributed by atoms with Crippen LogP contribution in [0.5, 0.6) is 0 Å². The molecule has 3 nitrogen and oxygen atoms in total. The molecule has 1 fully saturated rings. The molecule has 2 atom stereocenters. The summed E-state index contributed by atoms with van der Waals surface area (Å²) in [5.74, 6) is 0.638. The summed E-state index contributed by atoms with van der Waals surface area (Å²) in [6, 6.07) is 15.3. The zero-order valence-corrected chi connectivity index (χ0v) is 13.8. The quantitative estimate of drug-likeness (QED) is 0.943. The molecule has 1 heterocycles. The maximum absolute atomic E-state index is 11.7. The number of fused-ring (bicyclic) bond motifs is 1. The molecule has 1 aliphatic rings. The number of hydrogen-bond donors (Lipinski definition) is 1. The van der Waals surface area contributed by atoms with Crippen molar-refractivity contribution in [2.45, 2.75) is 38.3 Å². The summed E-state index contributed by atoms with van der Waals surface area (Å²) in [5, 5.41) is 6.00. The third-order valence-electron chi connectivity index (χ3n) is 4.34. The topological polar surface area (TPSA) is 46.2 Å². The fraction of sp³-hybridized carbons (Fsp3) is 0.444. The van der Waals surface area contributed by atoms with Crippen molar-refractivity contribution in [3.63, 3.8) is 0 Å². The molecule has 0 aromatic heterocycles. The first-order valence-corrected chi connectivity index (χ1v) is 9.78. The van der Waals surface area contributed by atoms with Crippen molar-refractivity contribution in [1.82, 2.24) is 5.32 Å². The molecule has 22 heavy (non-hydrogen) atoms. The van der Waals surface area contributed by atoms with Gasteiger partial charge >= 0.3 is 0 Å². The fourth-order valence-corrected chi connectivity index (χ4v) is 4.98. The van der Waals surface area contributed by atoms with Gasteiger partial charge in [-0.3, -0.25) is 0 Å². The smallest absolute Gasteiger partial charge is 0.151 e. The third kappa shape index (κ3) is 3.87. The molecule has 3 rings (SSSR count). The lowest BCUT2D eigenvalue weighted by Gasteiger charge is -2.26. The van der Waals surface area contributed by atoms with Gasteiger partial charge < -0.3 is 5.32 Å². The average Bonchev–Trinajstić information content (AvgIpc) is 2.46. The SMILES string of the molecule is C[C@H](Cc1ccc2ccccc2c1)N[C@H]1CCCS(=O)(=O)C1. The molecule has 1 saturated heterocycles. The molecule has 2 aromatic rings. The highest BCUT2D eigenvalue weighted by Crippen LogP contribution is 2.18. The van der Waals surface area contributed by atoms with Crippen LogP contribution in [0.2, 0.25) is 0 Å². The minimum absolute atomic E-state index is 0.106. The largest absolute Gasteiger partial charge is 0.310 e. The van der Waals surface area contributed by atoms with E-state index < -0.39 is 9.84 Å². The molecule has 0 bridgehead atoms. The molecule has 4 heteroatoms. The predicted molar refractivity (Wildman–Crippen MR) is 91.9 cm³/mol. The summed E-state index contributed by atoms with van der Waals surface area (Å²) in [4.78, 5) is 0. The van der Waals surface area contributed by atoms with Crippen LogP contribution in [0.25, 0.3) is 10.8 Å². The molecule has 0 radical (unpaired) electrons. The summed E-state index contributed by atoms with van der Waals surface area (Å²) in [7, 11) is -2.84. The van der Waals surface area contributed by atoms with Gasteiger partial charge in [0.25, 0.3) is 0 Å². The van der Waals surface area contributed by atoms with E-state index in [1.54, 1.807) is 0 Å². The van der Waals surface area contributed by atoms with E-state index in [-0.39, 0.29) is 17.8 Å². The van der Waals surface area contributed by atoms with Crippen LogP contribution in [-0.4, -0.2) is 32.0 Å². The van der Waals surface area contributed by atoms with Gasteiger partial charge in [0.15, 0.2) is 9.84 Å². The van der Waals surface area contributed by atoms with Gasteiger partial charge in [-0.1, -0.05) is 42.5 Å². The van der Waals surface area contributed by atoms with Crippen molar-refractivity contribution in [2.24, 2.45) is 0 Å². The van der Waals surface area contributed by atoms with E-state index >= 15 is 0 Å². The van der Waals surface area contributed by atoms with Crippen molar-refractivity contribution in [3.05, 3.63) is 48.0 Å². The Balaban J connectivity index is 1.64. The number of hydrogen-bond acceptors (Lipinski definition) is 3. The summed E-state index contributed by atoms with van der Waals surface area (Å²) >= 11 is 0. The van der Waals surface area contributed by atoms with E-state index in [9.17, 15) is 8.42 Å². The third-order valence-corrected chi connectivity index (χ3v) is 6.16. The van der Waals surface area contributed by atoms with Crippen LogP contribution in [0.4, 0.5) is 0 Å². The van der Waals surface area contributed by atoms with Crippen LogP contribution in [0.15, 0.2) is 42.5 Å². The zero-order chi connectivity index (χ0) is 15.6. The van der Waals surface area contributed by atoms with Gasteiger partial charge in [0.05, 0.1) is 11.5 Å². The molecule has 0 unspecified atom stereocenters. The molecule has 0 saturated carbocycles. The number of sulfone groups is 1. The van der Waals surface area contributed by atoms with Crippen molar-refractivity contribution in [3.8, 4) is 0 Å². The Hall–Kier alpha value is -1.39. The van der Waals surface area contributed by atoms with Crippen LogP contribution in [0.3, 0.4) is 0 Å². The van der Waals surface area contributed by atoms with Gasteiger partial charge in [-0.15, -0.1) is 0 Å². The Morgan fingerprint density at radius 3 is 2.73 bits per heavy atom. The first-order chi connectivity index (χ1) is 10.5. The van der Waals surface area contributed by atoms with Gasteiger partial charge in [0.2, 0.25) is 0 Å². The van der Waals surface area contributed by atoms with E-state index in [1.165, 1.54) is 16.3 Å². The van der Waals surface area contributed by atoms with Gasteiger partial charge in [0, 0.05) is 12.1 Å². The second-order valence-corrected chi connectivity index (χ2v) is 8.64. The minimum atomic E-state index is -2.84. The van der Waals surface area contributed by atoms with Crippen molar-refractivity contribution in [1.29, 1.82) is 0 Å². The lowest BCUT2D eigenvalue weighted by molar-refractivity contribution is 0.428. The van der Waals surface area contributed by atoms with Gasteiger partial charge in [-0.25, -0.2) is 8.42 Å². The normalized spacial score (nSPS) is 22.5. The summed E-state index contributed by atoms with van der Waals surface area (Å²) in [6.45, 7) is 2.14. The molecular formula is C18H23NO2S. The lowest BCUT2D eigenvalue weighted by atomic mass is 10.0. The summed E-state index contributed by atoms with van der Waals surface area (Å²) < 4.78 is 23.4. The van der Waals surface area contributed by atoms with Gasteiger partial charge in [0.1, 0.15) is 0 Å². The Bertz CT molecular complexity index is 755. The van der Waals surface area contributed by atoms with E-state index in [2.05, 4.69) is 54.7 Å². The highest BCUT2D eigenvalue weighted by molar-refractivity contribution is 7.91. The summed E-state index contributed by atoms with van der Waals surface area (Å²) in [6.07, 6.45) is 2.66. The highest BCUT2D eigenvalue weighted by Gasteiger charge is 2.25. The number of nitrogens with one attached hydrogen (secondary N) is 1. The maximum atomic E-state index is 11.7. The first-order valence-electron chi connectivity index (χ1n) is 7.96. The molecule has 2 aromatic carbocycles. The number of rotatable bonds is 4. The van der Waals surface area contributed by atoms with E-state index in [4.69, 9.17) is 0 Å². The maximum Gasteiger partial charge on any atom is 0.151 e. The summed E-state index contributed by atoms with van der Waals surface area (Å²) in [5.41, 5.74) is 1.29. The molecular weight excluding hydrogens is 294 g/mol. The zero-order valence-electron chi connectivity index (χ0n) is 13.0. The first kappa shape index (κ1) is 15.5. The monoisotopic (exact) mass is 317 g/mol. The van der Waals surface area contributed by atoms with Crippen molar-refractivity contribution < 1.29 is 8.42 Å². The lowest BCUT2D eigenvalue weighted by Crippen LogP contribution is -2.44. The average molecular weight is 317 g/mol. The van der Waals surface area contributed by atoms with E-state index in [0.29, 0.717) is 5.75 Å². The molecule has 0 amide bonds.